The van der Waals surface area contributed by atoms with Crippen molar-refractivity contribution in [1.82, 2.24) is 4.90 Å². The molecule has 1 saturated heterocycles. The van der Waals surface area contributed by atoms with E-state index in [1.54, 1.807) is 0 Å². The molecule has 0 aliphatic carbocycles. The Bertz CT molecular complexity index is 428. The Hall–Kier alpha value is -0.870. The fourth-order valence-electron chi connectivity index (χ4n) is 2.28. The molecule has 1 heterocycles. The zero-order valence-electron chi connectivity index (χ0n) is 10.7. The molecule has 18 heavy (non-hydrogen) atoms. The van der Waals surface area contributed by atoms with Crippen LogP contribution in [-0.4, -0.2) is 30.4 Å². The number of amides is 1. The van der Waals surface area contributed by atoms with Crippen molar-refractivity contribution in [1.29, 1.82) is 0 Å². The minimum Gasteiger partial charge on any atom is -0.325 e. The van der Waals surface area contributed by atoms with Gasteiger partial charge in [-0.1, -0.05) is 22.4 Å². The van der Waals surface area contributed by atoms with E-state index in [9.17, 15) is 4.79 Å². The van der Waals surface area contributed by atoms with Crippen molar-refractivity contribution in [2.45, 2.75) is 26.2 Å². The third-order valence-electron chi connectivity index (χ3n) is 3.28. The summed E-state index contributed by atoms with van der Waals surface area (Å²) in [6.45, 7) is 4.61. The lowest BCUT2D eigenvalue weighted by atomic mass is 10.1. The number of benzene rings is 1. The van der Waals surface area contributed by atoms with Crippen LogP contribution < -0.4 is 5.32 Å². The van der Waals surface area contributed by atoms with Gasteiger partial charge in [0.1, 0.15) is 0 Å². The maximum absolute atomic E-state index is 12.0. The van der Waals surface area contributed by atoms with Gasteiger partial charge in [-0.25, -0.2) is 0 Å². The number of anilines is 1. The van der Waals surface area contributed by atoms with E-state index in [2.05, 4.69) is 26.1 Å². The van der Waals surface area contributed by atoms with Gasteiger partial charge in [0.2, 0.25) is 5.91 Å². The number of nitrogens with zero attached hydrogens (tertiary/aromatic N) is 1. The van der Waals surface area contributed by atoms with E-state index in [1.165, 1.54) is 19.3 Å². The Morgan fingerprint density at radius 3 is 2.72 bits per heavy atom. The minimum absolute atomic E-state index is 0.0855. The number of aryl methyl sites for hydroxylation is 1. The number of likely N-dealkylation sites (tertiary alicyclic amines) is 1. The van der Waals surface area contributed by atoms with Crippen molar-refractivity contribution in [3.05, 3.63) is 28.2 Å². The molecule has 0 unspecified atom stereocenters. The Morgan fingerprint density at radius 1 is 1.33 bits per heavy atom. The Kier molecular flexibility index (Phi) is 4.78. The zero-order valence-corrected chi connectivity index (χ0v) is 12.3. The lowest BCUT2D eigenvalue weighted by Crippen LogP contribution is -2.36. The van der Waals surface area contributed by atoms with Gasteiger partial charge in [-0.2, -0.15) is 0 Å². The molecule has 0 aromatic heterocycles. The summed E-state index contributed by atoms with van der Waals surface area (Å²) < 4.78 is 1.04. The van der Waals surface area contributed by atoms with Gasteiger partial charge in [-0.15, -0.1) is 0 Å². The van der Waals surface area contributed by atoms with E-state index >= 15 is 0 Å². The molecule has 1 aromatic rings. The second-order valence-corrected chi connectivity index (χ2v) is 5.76. The van der Waals surface area contributed by atoms with E-state index in [0.29, 0.717) is 6.54 Å². The molecule has 2 rings (SSSR count). The molecule has 1 N–H and O–H groups in total. The molecule has 0 spiro atoms. The van der Waals surface area contributed by atoms with E-state index in [1.807, 2.05) is 25.1 Å². The zero-order chi connectivity index (χ0) is 13.0. The summed E-state index contributed by atoms with van der Waals surface area (Å²) in [6, 6.07) is 5.90. The van der Waals surface area contributed by atoms with Crippen LogP contribution in [0.4, 0.5) is 5.69 Å². The molecule has 1 fully saturated rings. The summed E-state index contributed by atoms with van der Waals surface area (Å²) in [6.07, 6.45) is 3.72. The average molecular weight is 311 g/mol. The van der Waals surface area contributed by atoms with Crippen LogP contribution in [0.2, 0.25) is 0 Å². The Morgan fingerprint density at radius 2 is 2.06 bits per heavy atom. The predicted octanol–water partition coefficient (Wildman–Crippen LogP) is 3.18. The van der Waals surface area contributed by atoms with Crippen LogP contribution in [0.15, 0.2) is 22.7 Å². The van der Waals surface area contributed by atoms with Crippen molar-refractivity contribution in [2.24, 2.45) is 0 Å². The first-order valence-corrected chi connectivity index (χ1v) is 7.23. The van der Waals surface area contributed by atoms with Crippen molar-refractivity contribution in [3.63, 3.8) is 0 Å². The van der Waals surface area contributed by atoms with Gasteiger partial charge in [0.15, 0.2) is 0 Å². The highest BCUT2D eigenvalue weighted by molar-refractivity contribution is 9.10. The first kappa shape index (κ1) is 13.6. The molecule has 0 saturated carbocycles. The molecule has 0 atom stereocenters. The summed E-state index contributed by atoms with van der Waals surface area (Å²) in [5.74, 6) is 0.0855. The van der Waals surface area contributed by atoms with Gasteiger partial charge >= 0.3 is 0 Å². The summed E-state index contributed by atoms with van der Waals surface area (Å²) in [4.78, 5) is 14.2. The molecular formula is C14H19BrN2O. The highest BCUT2D eigenvalue weighted by Crippen LogP contribution is 2.20. The summed E-state index contributed by atoms with van der Waals surface area (Å²) in [7, 11) is 0. The van der Waals surface area contributed by atoms with Crippen LogP contribution in [-0.2, 0) is 4.79 Å². The molecule has 1 amide bonds. The van der Waals surface area contributed by atoms with Crippen molar-refractivity contribution in [2.75, 3.05) is 25.0 Å². The minimum atomic E-state index is 0.0855. The van der Waals surface area contributed by atoms with Crippen LogP contribution in [0.1, 0.15) is 24.8 Å². The number of carbonyl (C=O) groups excluding carboxylic acids is 1. The molecule has 1 aliphatic rings. The smallest absolute Gasteiger partial charge is 0.238 e. The van der Waals surface area contributed by atoms with E-state index in [0.717, 1.165) is 28.8 Å². The lowest BCUT2D eigenvalue weighted by Gasteiger charge is -2.25. The third kappa shape index (κ3) is 3.82. The van der Waals surface area contributed by atoms with Crippen molar-refractivity contribution in [3.8, 4) is 0 Å². The SMILES string of the molecule is Cc1cc(Br)ccc1NC(=O)CN1CCCCC1. The summed E-state index contributed by atoms with van der Waals surface area (Å²) >= 11 is 3.42. The Labute approximate surface area is 117 Å². The Balaban J connectivity index is 1.90. The second-order valence-electron chi connectivity index (χ2n) is 4.84. The van der Waals surface area contributed by atoms with E-state index < -0.39 is 0 Å². The number of halogens is 1. The molecule has 3 nitrogen and oxygen atoms in total. The number of rotatable bonds is 3. The van der Waals surface area contributed by atoms with Gasteiger partial charge < -0.3 is 5.32 Å². The number of nitrogens with one attached hydrogen (secondary N) is 1. The van der Waals surface area contributed by atoms with Crippen LogP contribution in [0.5, 0.6) is 0 Å². The number of hydrogen-bond acceptors (Lipinski definition) is 2. The summed E-state index contributed by atoms with van der Waals surface area (Å²) in [5.41, 5.74) is 1.98. The van der Waals surface area contributed by atoms with Crippen molar-refractivity contribution >= 4 is 27.5 Å². The largest absolute Gasteiger partial charge is 0.325 e. The van der Waals surface area contributed by atoms with Crippen molar-refractivity contribution < 1.29 is 4.79 Å². The van der Waals surface area contributed by atoms with E-state index in [4.69, 9.17) is 0 Å². The summed E-state index contributed by atoms with van der Waals surface area (Å²) in [5, 5.41) is 2.98. The topological polar surface area (TPSA) is 32.3 Å². The standard InChI is InChI=1S/C14H19BrN2O/c1-11-9-12(15)5-6-13(11)16-14(18)10-17-7-3-2-4-8-17/h5-6,9H,2-4,7-8,10H2,1H3,(H,16,18). The maximum atomic E-state index is 12.0. The molecule has 4 heteroatoms. The van der Waals surface area contributed by atoms with E-state index in [-0.39, 0.29) is 5.91 Å². The molecule has 0 bridgehead atoms. The third-order valence-corrected chi connectivity index (χ3v) is 3.77. The molecule has 1 aliphatic heterocycles. The van der Waals surface area contributed by atoms with Gasteiger partial charge in [-0.05, 0) is 56.6 Å². The van der Waals surface area contributed by atoms with Crippen LogP contribution in [0, 0.1) is 6.92 Å². The average Bonchev–Trinajstić information content (AvgIpc) is 2.34. The molecular weight excluding hydrogens is 292 g/mol. The first-order chi connectivity index (χ1) is 8.65. The predicted molar refractivity (Wildman–Crippen MR) is 77.8 cm³/mol. The fraction of sp³-hybridized carbons (Fsp3) is 0.500. The quantitative estimate of drug-likeness (QED) is 0.930. The number of carbonyl (C=O) groups is 1. The fourth-order valence-corrected chi connectivity index (χ4v) is 2.75. The lowest BCUT2D eigenvalue weighted by molar-refractivity contribution is -0.117. The highest BCUT2D eigenvalue weighted by Gasteiger charge is 2.14. The molecule has 1 aromatic carbocycles. The van der Waals surface area contributed by atoms with Crippen LogP contribution in [0.25, 0.3) is 0 Å². The number of hydrogen-bond donors (Lipinski definition) is 1. The van der Waals surface area contributed by atoms with Gasteiger partial charge in [-0.3, -0.25) is 9.69 Å². The van der Waals surface area contributed by atoms with Gasteiger partial charge in [0, 0.05) is 10.2 Å². The second kappa shape index (κ2) is 6.34. The monoisotopic (exact) mass is 310 g/mol. The molecule has 98 valence electrons. The van der Waals surface area contributed by atoms with Crippen LogP contribution >= 0.6 is 15.9 Å². The highest BCUT2D eigenvalue weighted by atomic mass is 79.9. The van der Waals surface area contributed by atoms with Gasteiger partial charge in [0.05, 0.1) is 6.54 Å². The van der Waals surface area contributed by atoms with Crippen LogP contribution in [0.3, 0.4) is 0 Å². The number of piperidine rings is 1. The first-order valence-electron chi connectivity index (χ1n) is 6.43. The van der Waals surface area contributed by atoms with Gasteiger partial charge in [0.25, 0.3) is 0 Å². The maximum Gasteiger partial charge on any atom is 0.238 e. The normalized spacial score (nSPS) is 16.6. The molecule has 0 radical (unpaired) electrons.